The van der Waals surface area contributed by atoms with Crippen molar-refractivity contribution < 1.29 is 23.9 Å². The molecule has 2 N–H and O–H groups in total. The molecular weight excluding hydrogens is 700 g/mol. The van der Waals surface area contributed by atoms with Crippen LogP contribution in [0.5, 0.6) is 5.88 Å². The van der Waals surface area contributed by atoms with Crippen LogP contribution < -0.4 is 26.6 Å². The van der Waals surface area contributed by atoms with Gasteiger partial charge in [0.1, 0.15) is 5.56 Å². The molecule has 0 bridgehead atoms. The van der Waals surface area contributed by atoms with Crippen molar-refractivity contribution in [3.8, 4) is 28.3 Å². The maximum absolute atomic E-state index is 13.5. The van der Waals surface area contributed by atoms with Crippen molar-refractivity contribution in [1.82, 2.24) is 24.3 Å². The van der Waals surface area contributed by atoms with Crippen LogP contribution in [-0.2, 0) is 30.0 Å². The van der Waals surface area contributed by atoms with E-state index in [1.807, 2.05) is 44.2 Å². The third-order valence-corrected chi connectivity index (χ3v) is 10.4. The van der Waals surface area contributed by atoms with Crippen LogP contribution in [0.1, 0.15) is 72.1 Å². The minimum atomic E-state index is -0.694. The Balaban J connectivity index is 1.32. The molecule has 278 valence electrons. The van der Waals surface area contributed by atoms with Crippen molar-refractivity contribution >= 4 is 35.2 Å². The molecule has 3 heterocycles. The largest absolute Gasteiger partial charge is 0.481 e. The summed E-state index contributed by atoms with van der Waals surface area (Å²) >= 11 is 7.16. The summed E-state index contributed by atoms with van der Waals surface area (Å²) in [5.74, 6) is -0.285. The van der Waals surface area contributed by atoms with Gasteiger partial charge >= 0.3 is 11.8 Å². The zero-order valence-electron chi connectivity index (χ0n) is 30.5. The van der Waals surface area contributed by atoms with Gasteiger partial charge in [-0.1, -0.05) is 55.3 Å². The first-order chi connectivity index (χ1) is 25.4. The number of anilines is 1. The molecule has 2 aromatic heterocycles. The van der Waals surface area contributed by atoms with Crippen LogP contribution in [0, 0.1) is 6.92 Å². The number of unbranched alkanes of at least 4 members (excludes halogenated alkanes) is 1. The van der Waals surface area contributed by atoms with E-state index in [0.29, 0.717) is 77.8 Å². The number of hydrogen-bond donors (Lipinski definition) is 2. The summed E-state index contributed by atoms with van der Waals surface area (Å²) in [7, 11) is 4.35. The molecule has 53 heavy (non-hydrogen) atoms. The van der Waals surface area contributed by atoms with Gasteiger partial charge in [-0.15, -0.1) is 0 Å². The van der Waals surface area contributed by atoms with Crippen LogP contribution in [0.2, 0.25) is 5.02 Å². The van der Waals surface area contributed by atoms with Gasteiger partial charge < -0.3 is 24.7 Å². The van der Waals surface area contributed by atoms with E-state index >= 15 is 0 Å². The van der Waals surface area contributed by atoms with E-state index in [2.05, 4.69) is 10.6 Å². The Labute approximate surface area is 311 Å². The normalized spacial score (nSPS) is 16.2. The lowest BCUT2D eigenvalue weighted by atomic mass is 9.96. The molecule has 0 radical (unpaired) electrons. The number of halogens is 1. The van der Waals surface area contributed by atoms with Crippen molar-refractivity contribution in [3.63, 3.8) is 0 Å². The molecule has 14 heteroatoms. The van der Waals surface area contributed by atoms with Crippen LogP contribution in [-0.4, -0.2) is 63.2 Å². The summed E-state index contributed by atoms with van der Waals surface area (Å²) in [6.07, 6.45) is 4.82. The number of ether oxygens (including phenoxy) is 2. The first-order valence-corrected chi connectivity index (χ1v) is 18.1. The SMILES string of the molecule is CCCCOC(=O)N(C[C@@H]1CCC(=O)N1)[C@H]1CCc2cc(-c3cccc(-c4cccc(NC(=O)c5cn(C)c(=O)n(C)c5=O)c4C)c3Cl)nc(OC)c21. The highest BCUT2D eigenvalue weighted by Gasteiger charge is 2.38. The van der Waals surface area contributed by atoms with Crippen LogP contribution in [0.15, 0.2) is 58.3 Å². The molecule has 3 amide bonds. The Bertz CT molecular complexity index is 2210. The van der Waals surface area contributed by atoms with E-state index in [1.54, 1.807) is 24.1 Å². The van der Waals surface area contributed by atoms with E-state index in [0.717, 1.165) is 34.1 Å². The zero-order chi connectivity index (χ0) is 38.0. The summed E-state index contributed by atoms with van der Waals surface area (Å²) in [6.45, 7) is 4.51. The van der Waals surface area contributed by atoms with Crippen molar-refractivity contribution in [2.24, 2.45) is 14.1 Å². The van der Waals surface area contributed by atoms with Crippen LogP contribution in [0.25, 0.3) is 22.4 Å². The van der Waals surface area contributed by atoms with Gasteiger partial charge in [-0.25, -0.2) is 14.6 Å². The molecule has 2 aromatic carbocycles. The Hall–Kier alpha value is -5.43. The number of carbonyl (C=O) groups is 3. The monoisotopic (exact) mass is 742 g/mol. The van der Waals surface area contributed by atoms with Crippen molar-refractivity contribution in [2.45, 2.75) is 64.5 Å². The Morgan fingerprint density at radius 1 is 1.06 bits per heavy atom. The van der Waals surface area contributed by atoms with Gasteiger partial charge in [-0.05, 0) is 61.4 Å². The van der Waals surface area contributed by atoms with Crippen molar-refractivity contribution in [1.29, 1.82) is 0 Å². The topological polar surface area (TPSA) is 154 Å². The van der Waals surface area contributed by atoms with E-state index in [9.17, 15) is 24.0 Å². The number of hydrogen-bond acceptors (Lipinski definition) is 8. The minimum Gasteiger partial charge on any atom is -0.481 e. The fourth-order valence-electron chi connectivity index (χ4n) is 7.11. The van der Waals surface area contributed by atoms with E-state index < -0.39 is 23.2 Å². The number of benzene rings is 2. The molecule has 2 atom stereocenters. The number of amides is 3. The second-order valence-corrected chi connectivity index (χ2v) is 13.8. The molecule has 13 nitrogen and oxygen atoms in total. The fraction of sp³-hybridized carbons (Fsp3) is 0.385. The molecule has 6 rings (SSSR count). The number of nitrogens with zero attached hydrogens (tertiary/aromatic N) is 4. The minimum absolute atomic E-state index is 0.0239. The highest BCUT2D eigenvalue weighted by Crippen LogP contribution is 2.45. The van der Waals surface area contributed by atoms with E-state index in [1.165, 1.54) is 24.9 Å². The second-order valence-electron chi connectivity index (χ2n) is 13.5. The Morgan fingerprint density at radius 2 is 1.79 bits per heavy atom. The summed E-state index contributed by atoms with van der Waals surface area (Å²) < 4.78 is 13.6. The number of rotatable bonds is 11. The first-order valence-electron chi connectivity index (χ1n) is 17.7. The fourth-order valence-corrected chi connectivity index (χ4v) is 7.43. The molecule has 0 saturated carbocycles. The molecule has 2 aliphatic rings. The van der Waals surface area contributed by atoms with Gasteiger partial charge in [0.25, 0.3) is 11.5 Å². The third-order valence-electron chi connectivity index (χ3n) is 10.00. The lowest BCUT2D eigenvalue weighted by molar-refractivity contribution is -0.119. The maximum atomic E-state index is 13.5. The zero-order valence-corrected chi connectivity index (χ0v) is 31.2. The van der Waals surface area contributed by atoms with Gasteiger partial charge in [-0.3, -0.25) is 23.9 Å². The predicted molar refractivity (Wildman–Crippen MR) is 201 cm³/mol. The van der Waals surface area contributed by atoms with Crippen LogP contribution in [0.3, 0.4) is 0 Å². The highest BCUT2D eigenvalue weighted by atomic mass is 35.5. The Kier molecular flexibility index (Phi) is 11.0. The van der Waals surface area contributed by atoms with Crippen molar-refractivity contribution in [3.05, 3.63) is 96.8 Å². The second kappa shape index (κ2) is 15.7. The van der Waals surface area contributed by atoms with Crippen LogP contribution >= 0.6 is 11.6 Å². The van der Waals surface area contributed by atoms with E-state index in [-0.39, 0.29) is 23.6 Å². The Morgan fingerprint density at radius 3 is 2.51 bits per heavy atom. The smallest absolute Gasteiger partial charge is 0.410 e. The van der Waals surface area contributed by atoms with E-state index in [4.69, 9.17) is 26.1 Å². The third kappa shape index (κ3) is 7.43. The molecule has 0 unspecified atom stereocenters. The lowest BCUT2D eigenvalue weighted by Gasteiger charge is -2.31. The number of carbonyl (C=O) groups excluding carboxylic acids is 3. The molecule has 0 spiro atoms. The average molecular weight is 743 g/mol. The first kappa shape index (κ1) is 37.3. The van der Waals surface area contributed by atoms with Crippen molar-refractivity contribution in [2.75, 3.05) is 25.6 Å². The maximum Gasteiger partial charge on any atom is 0.410 e. The molecule has 1 fully saturated rings. The van der Waals surface area contributed by atoms with Gasteiger partial charge in [0.15, 0.2) is 0 Å². The highest BCUT2D eigenvalue weighted by molar-refractivity contribution is 6.36. The average Bonchev–Trinajstić information content (AvgIpc) is 3.77. The standard InChI is InChI=1S/C39H43ClN6O7/c1-6-7-18-53-39(51)46(20-24-15-17-32(47)41-24)31-16-14-23-19-30(43-36(52-5)33(23)31)27-12-8-11-26(34(27)40)25-10-9-13-29(22(25)2)42-35(48)28-21-44(3)38(50)45(4)37(28)49/h8-13,19,21,24,31H,6-7,14-18,20H2,1-5H3,(H,41,47)(H,42,48)/t24-,31-/m0/s1. The number of nitrogens with one attached hydrogen (secondary N) is 2. The summed E-state index contributed by atoms with van der Waals surface area (Å²) in [5.41, 5.74) is 4.31. The number of fused-ring (bicyclic) bond motifs is 1. The summed E-state index contributed by atoms with van der Waals surface area (Å²) in [4.78, 5) is 70.2. The number of pyridine rings is 1. The van der Waals surface area contributed by atoms with Gasteiger partial charge in [0.2, 0.25) is 11.8 Å². The molecular formula is C39H43ClN6O7. The molecule has 4 aromatic rings. The van der Waals surface area contributed by atoms with Gasteiger partial charge in [0.05, 0.1) is 30.5 Å². The predicted octanol–water partition coefficient (Wildman–Crippen LogP) is 5.54. The number of aryl methyl sites for hydroxylation is 2. The lowest BCUT2D eigenvalue weighted by Crippen LogP contribution is -2.43. The summed E-state index contributed by atoms with van der Waals surface area (Å²) in [5, 5.41) is 6.24. The summed E-state index contributed by atoms with van der Waals surface area (Å²) in [6, 6.07) is 12.5. The molecule has 1 aliphatic carbocycles. The van der Waals surface area contributed by atoms with Crippen LogP contribution in [0.4, 0.5) is 10.5 Å². The quantitative estimate of drug-likeness (QED) is 0.190. The number of aromatic nitrogens is 3. The number of methoxy groups -OCH3 is 1. The molecule has 1 aliphatic heterocycles. The van der Waals surface area contributed by atoms with Gasteiger partial charge in [-0.2, -0.15) is 0 Å². The molecule has 1 saturated heterocycles. The van der Waals surface area contributed by atoms with Gasteiger partial charge in [0, 0.05) is 61.7 Å².